The monoisotopic (exact) mass is 309 g/mol. The van der Waals surface area contributed by atoms with E-state index in [1.165, 1.54) is 4.90 Å². The summed E-state index contributed by atoms with van der Waals surface area (Å²) in [5.74, 6) is -0.583. The number of carbonyl (C=O) groups is 2. The summed E-state index contributed by atoms with van der Waals surface area (Å²) in [6, 6.07) is 1.74. The summed E-state index contributed by atoms with van der Waals surface area (Å²) in [5, 5.41) is 8.66. The third kappa shape index (κ3) is 6.51. The Kier molecular flexibility index (Phi) is 6.27. The van der Waals surface area contributed by atoms with Gasteiger partial charge >= 0.3 is 12.1 Å². The molecule has 1 aromatic rings. The number of anilines is 1. The summed E-state index contributed by atoms with van der Waals surface area (Å²) in [6.45, 7) is 7.47. The number of rotatable bonds is 6. The van der Waals surface area contributed by atoms with E-state index in [-0.39, 0.29) is 12.4 Å². The molecule has 0 radical (unpaired) electrons. The minimum Gasteiger partial charge on any atom is -0.481 e. The van der Waals surface area contributed by atoms with Crippen LogP contribution in [0.15, 0.2) is 12.3 Å². The van der Waals surface area contributed by atoms with Crippen LogP contribution in [0, 0.1) is 6.92 Å². The Bertz CT molecular complexity index is 526. The van der Waals surface area contributed by atoms with E-state index in [0.717, 1.165) is 5.69 Å². The second-order valence-corrected chi connectivity index (χ2v) is 5.98. The highest BCUT2D eigenvalue weighted by atomic mass is 16.6. The lowest BCUT2D eigenvalue weighted by atomic mass is 10.2. The quantitative estimate of drug-likeness (QED) is 0.812. The van der Waals surface area contributed by atoms with E-state index in [1.54, 1.807) is 33.0 Å². The molecule has 0 aromatic carbocycles. The molecule has 1 heterocycles. The molecule has 0 saturated heterocycles. The maximum Gasteiger partial charge on any atom is 0.417 e. The third-order valence-corrected chi connectivity index (χ3v) is 2.66. The number of hydrogen-bond acceptors (Lipinski definition) is 5. The molecule has 0 saturated carbocycles. The van der Waals surface area contributed by atoms with Crippen molar-refractivity contribution in [2.45, 2.75) is 52.6 Å². The number of hydrogen-bond donors (Lipinski definition) is 1. The molecule has 1 amide bonds. The molecule has 1 rings (SSSR count). The van der Waals surface area contributed by atoms with Crippen LogP contribution in [-0.2, 0) is 9.53 Å². The minimum absolute atomic E-state index is 0.0663. The molecule has 0 aliphatic rings. The minimum atomic E-state index is -0.851. The van der Waals surface area contributed by atoms with Crippen molar-refractivity contribution in [3.8, 4) is 0 Å². The average molecular weight is 309 g/mol. The van der Waals surface area contributed by atoms with Crippen molar-refractivity contribution in [3.05, 3.63) is 18.0 Å². The Labute approximate surface area is 130 Å². The first-order valence-electron chi connectivity index (χ1n) is 7.21. The molecule has 0 aliphatic carbocycles. The Morgan fingerprint density at radius 1 is 1.32 bits per heavy atom. The van der Waals surface area contributed by atoms with Crippen molar-refractivity contribution in [3.63, 3.8) is 0 Å². The predicted molar refractivity (Wildman–Crippen MR) is 81.8 cm³/mol. The molecular weight excluding hydrogens is 286 g/mol. The number of aromatic nitrogens is 2. The molecule has 7 heteroatoms. The predicted octanol–water partition coefficient (Wildman–Crippen LogP) is 2.78. The largest absolute Gasteiger partial charge is 0.481 e. The smallest absolute Gasteiger partial charge is 0.417 e. The van der Waals surface area contributed by atoms with Crippen LogP contribution in [0.3, 0.4) is 0 Å². The molecule has 0 spiro atoms. The van der Waals surface area contributed by atoms with E-state index in [2.05, 4.69) is 9.97 Å². The van der Waals surface area contributed by atoms with Gasteiger partial charge in [0.1, 0.15) is 5.60 Å². The van der Waals surface area contributed by atoms with Crippen molar-refractivity contribution < 1.29 is 19.4 Å². The highest BCUT2D eigenvalue weighted by Gasteiger charge is 2.25. The summed E-state index contributed by atoms with van der Waals surface area (Å²) in [4.78, 5) is 32.5. The lowest BCUT2D eigenvalue weighted by Crippen LogP contribution is -2.38. The Morgan fingerprint density at radius 2 is 2.00 bits per heavy atom. The highest BCUT2D eigenvalue weighted by Crippen LogP contribution is 2.15. The summed E-state index contributed by atoms with van der Waals surface area (Å²) < 4.78 is 5.36. The third-order valence-electron chi connectivity index (χ3n) is 2.66. The number of amides is 1. The second-order valence-electron chi connectivity index (χ2n) is 5.98. The molecule has 0 fully saturated rings. The van der Waals surface area contributed by atoms with Gasteiger partial charge in [0.2, 0.25) is 5.95 Å². The fourth-order valence-electron chi connectivity index (χ4n) is 1.70. The Balaban J connectivity index is 2.81. The van der Waals surface area contributed by atoms with Gasteiger partial charge in [-0.1, -0.05) is 0 Å². The maximum absolute atomic E-state index is 12.3. The topological polar surface area (TPSA) is 92.6 Å². The fourth-order valence-corrected chi connectivity index (χ4v) is 1.70. The zero-order chi connectivity index (χ0) is 16.8. The maximum atomic E-state index is 12.3. The van der Waals surface area contributed by atoms with Crippen LogP contribution in [0.1, 0.15) is 45.7 Å². The van der Waals surface area contributed by atoms with E-state index < -0.39 is 17.7 Å². The van der Waals surface area contributed by atoms with Crippen molar-refractivity contribution in [1.82, 2.24) is 9.97 Å². The van der Waals surface area contributed by atoms with Crippen LogP contribution in [0.4, 0.5) is 10.7 Å². The van der Waals surface area contributed by atoms with E-state index in [0.29, 0.717) is 19.4 Å². The van der Waals surface area contributed by atoms with Gasteiger partial charge in [0, 0.05) is 24.9 Å². The second kappa shape index (κ2) is 7.72. The molecular formula is C15H23N3O4. The zero-order valence-electron chi connectivity index (χ0n) is 13.5. The average Bonchev–Trinajstić information content (AvgIpc) is 2.36. The van der Waals surface area contributed by atoms with Crippen LogP contribution in [0.25, 0.3) is 0 Å². The van der Waals surface area contributed by atoms with Crippen molar-refractivity contribution in [2.24, 2.45) is 0 Å². The van der Waals surface area contributed by atoms with Crippen molar-refractivity contribution >= 4 is 18.0 Å². The van der Waals surface area contributed by atoms with Gasteiger partial charge in [0.25, 0.3) is 0 Å². The molecule has 0 bridgehead atoms. The SMILES string of the molecule is Cc1ccnc(N(CCCCC(=O)O)C(=O)OC(C)(C)C)n1. The van der Waals surface area contributed by atoms with Crippen LogP contribution in [0.5, 0.6) is 0 Å². The number of ether oxygens (including phenoxy) is 1. The number of unbranched alkanes of at least 4 members (excludes halogenated alkanes) is 1. The Hall–Kier alpha value is -2.18. The number of aryl methyl sites for hydroxylation is 1. The molecule has 1 aromatic heterocycles. The van der Waals surface area contributed by atoms with E-state index in [9.17, 15) is 9.59 Å². The molecule has 0 atom stereocenters. The summed E-state index contributed by atoms with van der Waals surface area (Å²) in [7, 11) is 0. The standard InChI is InChI=1S/C15H23N3O4/c1-11-8-9-16-13(17-11)18(10-6-5-7-12(19)20)14(21)22-15(2,3)4/h8-9H,5-7,10H2,1-4H3,(H,19,20). The normalized spacial score (nSPS) is 11.1. The molecule has 122 valence electrons. The van der Waals surface area contributed by atoms with Gasteiger partial charge < -0.3 is 9.84 Å². The first-order chi connectivity index (χ1) is 10.2. The van der Waals surface area contributed by atoms with Gasteiger partial charge in [-0.25, -0.2) is 19.7 Å². The molecule has 22 heavy (non-hydrogen) atoms. The number of nitrogens with zero attached hydrogens (tertiary/aromatic N) is 3. The number of aliphatic carboxylic acids is 1. The number of carboxylic acid groups (broad SMARTS) is 1. The Morgan fingerprint density at radius 3 is 2.55 bits per heavy atom. The highest BCUT2D eigenvalue weighted by molar-refractivity contribution is 5.85. The lowest BCUT2D eigenvalue weighted by molar-refractivity contribution is -0.137. The lowest BCUT2D eigenvalue weighted by Gasteiger charge is -2.26. The zero-order valence-corrected chi connectivity index (χ0v) is 13.5. The molecule has 1 N–H and O–H groups in total. The van der Waals surface area contributed by atoms with Crippen LogP contribution in [-0.4, -0.2) is 39.3 Å². The first kappa shape index (κ1) is 17.9. The van der Waals surface area contributed by atoms with Gasteiger partial charge in [0.15, 0.2) is 0 Å². The van der Waals surface area contributed by atoms with Gasteiger partial charge in [-0.05, 0) is 46.6 Å². The number of carboxylic acids is 1. The van der Waals surface area contributed by atoms with Gasteiger partial charge in [0.05, 0.1) is 0 Å². The van der Waals surface area contributed by atoms with E-state index in [4.69, 9.17) is 9.84 Å². The van der Waals surface area contributed by atoms with Crippen LogP contribution < -0.4 is 4.90 Å². The summed E-state index contributed by atoms with van der Waals surface area (Å²) >= 11 is 0. The fraction of sp³-hybridized carbons (Fsp3) is 0.600. The van der Waals surface area contributed by atoms with Crippen molar-refractivity contribution in [1.29, 1.82) is 0 Å². The first-order valence-corrected chi connectivity index (χ1v) is 7.21. The molecule has 0 aliphatic heterocycles. The van der Waals surface area contributed by atoms with E-state index >= 15 is 0 Å². The van der Waals surface area contributed by atoms with Gasteiger partial charge in [-0.3, -0.25) is 4.79 Å². The van der Waals surface area contributed by atoms with Crippen LogP contribution in [0.2, 0.25) is 0 Å². The van der Waals surface area contributed by atoms with Crippen molar-refractivity contribution in [2.75, 3.05) is 11.4 Å². The van der Waals surface area contributed by atoms with Crippen LogP contribution >= 0.6 is 0 Å². The molecule has 7 nitrogen and oxygen atoms in total. The summed E-state index contributed by atoms with van der Waals surface area (Å²) in [6.07, 6.45) is 2.11. The molecule has 0 unspecified atom stereocenters. The number of carbonyl (C=O) groups excluding carboxylic acids is 1. The summed E-state index contributed by atoms with van der Waals surface area (Å²) in [5.41, 5.74) is 0.115. The van der Waals surface area contributed by atoms with E-state index in [1.807, 2.05) is 6.92 Å². The van der Waals surface area contributed by atoms with Gasteiger partial charge in [-0.2, -0.15) is 0 Å². The van der Waals surface area contributed by atoms with Gasteiger partial charge in [-0.15, -0.1) is 0 Å².